The van der Waals surface area contributed by atoms with Crippen LogP contribution in [0.5, 0.6) is 11.5 Å². The number of hydrogen-bond acceptors (Lipinski definition) is 5. The molecular weight excluding hydrogens is 523 g/mol. The van der Waals surface area contributed by atoms with E-state index in [0.717, 1.165) is 4.31 Å². The smallest absolute Gasteiger partial charge is 0.243 e. The number of ether oxygens (including phenoxy) is 2. The molecule has 0 aliphatic carbocycles. The summed E-state index contributed by atoms with van der Waals surface area (Å²) in [5.74, 6) is 0.538. The lowest BCUT2D eigenvalue weighted by atomic mass is 10.2. The highest BCUT2D eigenvalue weighted by atomic mass is 35.5. The van der Waals surface area contributed by atoms with Crippen LogP contribution in [0.1, 0.15) is 5.56 Å². The Morgan fingerprint density at radius 3 is 2.26 bits per heavy atom. The highest BCUT2D eigenvalue weighted by Gasteiger charge is 2.28. The van der Waals surface area contributed by atoms with E-state index in [1.165, 1.54) is 30.3 Å². The summed E-state index contributed by atoms with van der Waals surface area (Å²) in [5, 5.41) is 3.80. The van der Waals surface area contributed by atoms with Crippen LogP contribution in [0.4, 0.5) is 5.69 Å². The number of nitrogens with zero attached hydrogens (tertiary/aromatic N) is 1. The van der Waals surface area contributed by atoms with Crippen molar-refractivity contribution in [3.8, 4) is 11.5 Å². The number of benzene rings is 3. The normalized spacial score (nSPS) is 13.1. The first-order valence-electron chi connectivity index (χ1n) is 10.1. The number of amides is 1. The zero-order valence-electron chi connectivity index (χ0n) is 17.6. The lowest BCUT2D eigenvalue weighted by Gasteiger charge is -2.23. The third-order valence-electron chi connectivity index (χ3n) is 4.96. The molecule has 178 valence electrons. The molecule has 1 N–H and O–H groups in total. The van der Waals surface area contributed by atoms with Gasteiger partial charge < -0.3 is 14.8 Å². The van der Waals surface area contributed by atoms with Crippen molar-refractivity contribution >= 4 is 56.4 Å². The first kappa shape index (κ1) is 24.6. The van der Waals surface area contributed by atoms with Gasteiger partial charge in [-0.05, 0) is 54.1 Å². The van der Waals surface area contributed by atoms with Crippen LogP contribution in [0, 0.1) is 0 Å². The molecule has 0 saturated heterocycles. The molecule has 0 unspecified atom stereocenters. The van der Waals surface area contributed by atoms with E-state index in [0.29, 0.717) is 46.0 Å². The molecule has 0 spiro atoms. The predicted molar refractivity (Wildman–Crippen MR) is 132 cm³/mol. The van der Waals surface area contributed by atoms with E-state index < -0.39 is 22.5 Å². The fourth-order valence-corrected chi connectivity index (χ4v) is 5.27. The number of carbonyl (C=O) groups is 1. The topological polar surface area (TPSA) is 84.9 Å². The molecule has 11 heteroatoms. The van der Waals surface area contributed by atoms with Crippen LogP contribution in [0.25, 0.3) is 0 Å². The lowest BCUT2D eigenvalue weighted by Crippen LogP contribution is -2.37. The monoisotopic (exact) mass is 540 g/mol. The van der Waals surface area contributed by atoms with Crippen molar-refractivity contribution in [1.82, 2.24) is 4.31 Å². The molecule has 1 heterocycles. The van der Waals surface area contributed by atoms with Gasteiger partial charge in [0.15, 0.2) is 11.5 Å². The average Bonchev–Trinajstić information content (AvgIpc) is 2.80. The highest BCUT2D eigenvalue weighted by Crippen LogP contribution is 2.33. The van der Waals surface area contributed by atoms with E-state index in [-0.39, 0.29) is 16.5 Å². The Labute approximate surface area is 212 Å². The number of rotatable bonds is 7. The van der Waals surface area contributed by atoms with Crippen LogP contribution in [0.2, 0.25) is 15.1 Å². The van der Waals surface area contributed by atoms with Crippen molar-refractivity contribution in [2.24, 2.45) is 0 Å². The summed E-state index contributed by atoms with van der Waals surface area (Å²) in [4.78, 5) is 12.9. The molecule has 3 aromatic carbocycles. The van der Waals surface area contributed by atoms with Crippen LogP contribution < -0.4 is 14.8 Å². The van der Waals surface area contributed by atoms with E-state index in [4.69, 9.17) is 44.3 Å². The molecule has 0 radical (unpaired) electrons. The molecule has 0 fully saturated rings. The molecule has 0 bridgehead atoms. The Morgan fingerprint density at radius 2 is 1.56 bits per heavy atom. The lowest BCUT2D eigenvalue weighted by molar-refractivity contribution is -0.116. The van der Waals surface area contributed by atoms with Gasteiger partial charge in [0.05, 0.1) is 11.4 Å². The van der Waals surface area contributed by atoms with Gasteiger partial charge in [-0.3, -0.25) is 4.79 Å². The summed E-state index contributed by atoms with van der Waals surface area (Å²) in [6.07, 6.45) is 0. The van der Waals surface area contributed by atoms with Crippen molar-refractivity contribution in [3.63, 3.8) is 0 Å². The predicted octanol–water partition coefficient (Wildman–Crippen LogP) is 5.25. The largest absolute Gasteiger partial charge is 0.486 e. The summed E-state index contributed by atoms with van der Waals surface area (Å²) < 4.78 is 38.9. The van der Waals surface area contributed by atoms with Crippen molar-refractivity contribution < 1.29 is 22.7 Å². The van der Waals surface area contributed by atoms with Gasteiger partial charge in [0, 0.05) is 33.4 Å². The molecule has 34 heavy (non-hydrogen) atoms. The second kappa shape index (κ2) is 10.4. The number of carbonyl (C=O) groups excluding carboxylic acids is 1. The van der Waals surface area contributed by atoms with Crippen molar-refractivity contribution in [2.75, 3.05) is 25.1 Å². The molecule has 7 nitrogen and oxygen atoms in total. The van der Waals surface area contributed by atoms with Crippen LogP contribution in [-0.4, -0.2) is 38.4 Å². The summed E-state index contributed by atoms with van der Waals surface area (Å²) in [6, 6.07) is 15.4. The SMILES string of the molecule is O=C(CN(Cc1ccc(Cl)cc1Cl)S(=O)(=O)c1ccc(Cl)cc1)Nc1ccc2c(c1)OCCO2. The molecule has 1 aliphatic rings. The van der Waals surface area contributed by atoms with Gasteiger partial charge in [0.1, 0.15) is 13.2 Å². The second-order valence-corrected chi connectivity index (χ2v) is 10.6. The van der Waals surface area contributed by atoms with Crippen molar-refractivity contribution in [2.45, 2.75) is 11.4 Å². The van der Waals surface area contributed by atoms with Gasteiger partial charge in [-0.1, -0.05) is 40.9 Å². The van der Waals surface area contributed by atoms with E-state index >= 15 is 0 Å². The fraction of sp³-hybridized carbons (Fsp3) is 0.174. The average molecular weight is 542 g/mol. The molecule has 0 aromatic heterocycles. The summed E-state index contributed by atoms with van der Waals surface area (Å²) in [5.41, 5.74) is 0.943. The Morgan fingerprint density at radius 1 is 0.882 bits per heavy atom. The van der Waals surface area contributed by atoms with Crippen LogP contribution in [0.15, 0.2) is 65.6 Å². The maximum Gasteiger partial charge on any atom is 0.243 e. The third-order valence-corrected chi connectivity index (χ3v) is 7.60. The minimum atomic E-state index is -4.07. The van der Waals surface area contributed by atoms with Crippen LogP contribution in [0.3, 0.4) is 0 Å². The van der Waals surface area contributed by atoms with Gasteiger partial charge in [0.2, 0.25) is 15.9 Å². The van der Waals surface area contributed by atoms with Gasteiger partial charge >= 0.3 is 0 Å². The number of anilines is 1. The first-order chi connectivity index (χ1) is 16.2. The van der Waals surface area contributed by atoms with Crippen molar-refractivity contribution in [3.05, 3.63) is 81.3 Å². The zero-order valence-corrected chi connectivity index (χ0v) is 20.7. The Balaban J connectivity index is 1.59. The molecule has 1 amide bonds. The Kier molecular flexibility index (Phi) is 7.54. The van der Waals surface area contributed by atoms with Gasteiger partial charge in [-0.25, -0.2) is 8.42 Å². The fourth-order valence-electron chi connectivity index (χ4n) is 3.30. The minimum Gasteiger partial charge on any atom is -0.486 e. The number of nitrogens with one attached hydrogen (secondary N) is 1. The van der Waals surface area contributed by atoms with E-state index in [1.54, 1.807) is 30.3 Å². The maximum atomic E-state index is 13.4. The van der Waals surface area contributed by atoms with Gasteiger partial charge in [-0.15, -0.1) is 0 Å². The Hall–Kier alpha value is -2.49. The third kappa shape index (κ3) is 5.76. The van der Waals surface area contributed by atoms with Crippen LogP contribution >= 0.6 is 34.8 Å². The number of fused-ring (bicyclic) bond motifs is 1. The number of sulfonamides is 1. The van der Waals surface area contributed by atoms with E-state index in [1.807, 2.05) is 0 Å². The maximum absolute atomic E-state index is 13.4. The standard InChI is InChI=1S/C23H19Cl3N2O5S/c24-16-3-6-19(7-4-16)34(30,31)28(13-15-1-2-17(25)11-20(15)26)14-23(29)27-18-5-8-21-22(12-18)33-10-9-32-21/h1-8,11-12H,9-10,13-14H2,(H,27,29). The number of halogens is 3. The van der Waals surface area contributed by atoms with Crippen molar-refractivity contribution in [1.29, 1.82) is 0 Å². The summed E-state index contributed by atoms with van der Waals surface area (Å²) in [7, 11) is -4.07. The molecular formula is C23H19Cl3N2O5S. The van der Waals surface area contributed by atoms with E-state index in [2.05, 4.69) is 5.32 Å². The molecule has 1 aliphatic heterocycles. The highest BCUT2D eigenvalue weighted by molar-refractivity contribution is 7.89. The van der Waals surface area contributed by atoms with Crippen LogP contribution in [-0.2, 0) is 21.4 Å². The minimum absolute atomic E-state index is 0.00545. The Bertz CT molecular complexity index is 1320. The van der Waals surface area contributed by atoms with Gasteiger partial charge in [0.25, 0.3) is 0 Å². The van der Waals surface area contributed by atoms with E-state index in [9.17, 15) is 13.2 Å². The zero-order chi connectivity index (χ0) is 24.3. The summed E-state index contributed by atoms with van der Waals surface area (Å²) in [6.45, 7) is 0.247. The quantitative estimate of drug-likeness (QED) is 0.442. The van der Waals surface area contributed by atoms with Gasteiger partial charge in [-0.2, -0.15) is 4.31 Å². The molecule has 3 aromatic rings. The molecule has 0 atom stereocenters. The number of hydrogen-bond donors (Lipinski definition) is 1. The second-order valence-electron chi connectivity index (χ2n) is 7.37. The molecule has 4 rings (SSSR count). The molecule has 0 saturated carbocycles. The summed E-state index contributed by atoms with van der Waals surface area (Å²) >= 11 is 18.2. The first-order valence-corrected chi connectivity index (χ1v) is 12.7.